The van der Waals surface area contributed by atoms with Crippen molar-refractivity contribution in [2.75, 3.05) is 6.61 Å². The molecule has 0 saturated heterocycles. The fourth-order valence-electron chi connectivity index (χ4n) is 1.00. The van der Waals surface area contributed by atoms with Crippen molar-refractivity contribution in [3.63, 3.8) is 0 Å². The minimum Gasteiger partial charge on any atom is -0.477 e. The average molecular weight is 277 g/mol. The summed E-state index contributed by atoms with van der Waals surface area (Å²) >= 11 is 0. The summed E-state index contributed by atoms with van der Waals surface area (Å²) in [5.74, 6) is -0.442. The van der Waals surface area contributed by atoms with Crippen LogP contribution >= 0.6 is 0 Å². The second kappa shape index (κ2) is 7.78. The van der Waals surface area contributed by atoms with Gasteiger partial charge in [0.25, 0.3) is 0 Å². The van der Waals surface area contributed by atoms with Gasteiger partial charge in [0.15, 0.2) is 0 Å². The molecule has 1 aromatic carbocycles. The van der Waals surface area contributed by atoms with Gasteiger partial charge in [-0.1, -0.05) is 6.92 Å². The predicted octanol–water partition coefficient (Wildman–Crippen LogP) is 2.17. The van der Waals surface area contributed by atoms with Gasteiger partial charge in [0.1, 0.15) is 0 Å². The first-order valence-electron chi connectivity index (χ1n) is 4.48. The van der Waals surface area contributed by atoms with Crippen LogP contribution in [0.1, 0.15) is 18.1 Å². The van der Waals surface area contributed by atoms with Gasteiger partial charge in [-0.25, -0.2) is 18.2 Å². The smallest absolute Gasteiger partial charge is 0.228 e. The number of aryl methyl sites for hydroxylation is 1. The molecule has 1 rings (SSSR count). The molecule has 1 radical (unpaired) electrons. The molecule has 0 unspecified atom stereocenters. The number of hydrogen-bond donors (Lipinski definition) is 0. The number of esters is 1. The number of benzene rings is 1. The van der Waals surface area contributed by atoms with E-state index in [9.17, 15) is 4.79 Å². The molecule has 0 spiro atoms. The Balaban J connectivity index is 0.00000196. The van der Waals surface area contributed by atoms with Crippen molar-refractivity contribution in [3.05, 3.63) is 41.5 Å². The average Bonchev–Trinajstić information content (AvgIpc) is 2.15. The van der Waals surface area contributed by atoms with Crippen LogP contribution in [0.25, 0.3) is 6.08 Å². The van der Waals surface area contributed by atoms with Gasteiger partial charge in [0.2, 0.25) is 5.97 Å². The largest absolute Gasteiger partial charge is 0.477 e. The molecule has 77 valence electrons. The van der Waals surface area contributed by atoms with Crippen LogP contribution in [0.2, 0.25) is 0 Å². The van der Waals surface area contributed by atoms with Gasteiger partial charge < -0.3 is 16.4 Å². The normalized spacial score (nSPS) is 9.73. The first-order valence-corrected chi connectivity index (χ1v) is 4.48. The Bertz CT molecular complexity index is 345. The molecule has 2 nitrogen and oxygen atoms in total. The van der Waals surface area contributed by atoms with E-state index in [0.717, 1.165) is 11.1 Å². The first kappa shape index (κ1) is 14.5. The van der Waals surface area contributed by atoms with Crippen molar-refractivity contribution in [1.82, 2.24) is 0 Å². The molecule has 15 heavy (non-hydrogen) atoms. The van der Waals surface area contributed by atoms with E-state index in [1.165, 1.54) is 0 Å². The molecule has 0 aliphatic heterocycles. The molecule has 0 saturated carbocycles. The van der Waals surface area contributed by atoms with E-state index in [4.69, 9.17) is 4.74 Å². The maximum absolute atomic E-state index is 10.9. The fraction of sp³-hybridized carbons (Fsp3) is 0.250. The summed E-state index contributed by atoms with van der Waals surface area (Å²) in [7, 11) is 0. The zero-order valence-corrected chi connectivity index (χ0v) is 11.7. The van der Waals surface area contributed by atoms with E-state index >= 15 is 0 Å². The molecule has 1 aromatic rings. The third-order valence-electron chi connectivity index (χ3n) is 1.58. The number of ether oxygens (including phenoxy) is 1. The monoisotopic (exact) mass is 277 g/mol. The molecule has 0 amide bonds. The molecule has 0 aromatic heterocycles. The maximum Gasteiger partial charge on any atom is 0.228 e. The van der Waals surface area contributed by atoms with Crippen LogP contribution in [0.5, 0.6) is 0 Å². The van der Waals surface area contributed by atoms with Crippen LogP contribution in [0.15, 0.2) is 18.2 Å². The quantitative estimate of drug-likeness (QED) is 0.481. The summed E-state index contributed by atoms with van der Waals surface area (Å²) < 4.78 is 4.70. The first-order chi connectivity index (χ1) is 6.72. The summed E-state index contributed by atoms with van der Waals surface area (Å²) in [6, 6.07) is 8.79. The van der Waals surface area contributed by atoms with E-state index < -0.39 is 5.97 Å². The van der Waals surface area contributed by atoms with E-state index in [0.29, 0.717) is 6.61 Å². The Morgan fingerprint density at radius 2 is 2.33 bits per heavy atom. The molecule has 3 heteroatoms. The molecular weight excluding hydrogens is 265 g/mol. The summed E-state index contributed by atoms with van der Waals surface area (Å²) in [5, 5.41) is 0. The number of rotatable bonds is 3. The molecule has 0 bridgehead atoms. The van der Waals surface area contributed by atoms with Crippen LogP contribution in [-0.2, 0) is 42.2 Å². The topological polar surface area (TPSA) is 26.3 Å². The minimum absolute atomic E-state index is 0. The number of carbonyl (C=O) groups excluding carboxylic acids is 1. The predicted molar refractivity (Wildman–Crippen MR) is 54.4 cm³/mol. The van der Waals surface area contributed by atoms with E-state index in [-0.39, 0.29) is 32.7 Å². The Morgan fingerprint density at radius 3 is 2.93 bits per heavy atom. The van der Waals surface area contributed by atoms with Gasteiger partial charge >= 0.3 is 0 Å². The van der Waals surface area contributed by atoms with Gasteiger partial charge in [-0.15, -0.1) is 6.07 Å². The second-order valence-corrected chi connectivity index (χ2v) is 2.80. The van der Waals surface area contributed by atoms with Crippen LogP contribution < -0.4 is 0 Å². The Kier molecular flexibility index (Phi) is 7.54. The van der Waals surface area contributed by atoms with Gasteiger partial charge in [-0.2, -0.15) is 11.6 Å². The standard InChI is InChI=1S/C12H12O2.Y/c1-3-14-12(13)8-7-11-6-4-5-10(2)9-11;/h4-7H,3H2,1-2H3;/q-2;. The Morgan fingerprint density at radius 1 is 1.60 bits per heavy atom. The van der Waals surface area contributed by atoms with Crippen molar-refractivity contribution >= 4 is 12.0 Å². The SMILES string of the molecule is CCOC(=O)[C-]=Cc1[c-]c(C)ccc1.[Y]. The molecule has 0 atom stereocenters. The van der Waals surface area contributed by atoms with Gasteiger partial charge in [-0.3, -0.25) is 4.79 Å². The molecule has 0 N–H and O–H groups in total. The number of carbonyl (C=O) groups is 1. The molecular formula is C12H12O2Y-2. The van der Waals surface area contributed by atoms with Crippen molar-refractivity contribution < 1.29 is 42.2 Å². The van der Waals surface area contributed by atoms with Crippen molar-refractivity contribution in [1.29, 1.82) is 0 Å². The van der Waals surface area contributed by atoms with Crippen molar-refractivity contribution in [2.24, 2.45) is 0 Å². The van der Waals surface area contributed by atoms with Crippen LogP contribution in [0, 0.1) is 19.1 Å². The summed E-state index contributed by atoms with van der Waals surface area (Å²) in [6.45, 7) is 4.08. The summed E-state index contributed by atoms with van der Waals surface area (Å²) in [6.07, 6.45) is 4.08. The van der Waals surface area contributed by atoms with Crippen molar-refractivity contribution in [3.8, 4) is 0 Å². The molecule has 0 aliphatic carbocycles. The number of hydrogen-bond acceptors (Lipinski definition) is 2. The molecule has 0 fully saturated rings. The Hall–Kier alpha value is -0.466. The van der Waals surface area contributed by atoms with E-state index in [2.05, 4.69) is 12.1 Å². The third kappa shape index (κ3) is 5.86. The van der Waals surface area contributed by atoms with E-state index in [1.54, 1.807) is 13.0 Å². The zero-order valence-electron chi connectivity index (χ0n) is 8.91. The Labute approximate surface area is 116 Å². The third-order valence-corrected chi connectivity index (χ3v) is 1.58. The van der Waals surface area contributed by atoms with Crippen LogP contribution in [0.4, 0.5) is 0 Å². The van der Waals surface area contributed by atoms with Crippen molar-refractivity contribution in [2.45, 2.75) is 13.8 Å². The fourth-order valence-corrected chi connectivity index (χ4v) is 1.00. The summed E-state index contributed by atoms with van der Waals surface area (Å²) in [5.41, 5.74) is 1.86. The maximum atomic E-state index is 10.9. The van der Waals surface area contributed by atoms with E-state index in [1.807, 2.05) is 25.1 Å². The zero-order chi connectivity index (χ0) is 10.4. The molecule has 0 aliphatic rings. The minimum atomic E-state index is -0.442. The second-order valence-electron chi connectivity index (χ2n) is 2.80. The molecule has 0 heterocycles. The summed E-state index contributed by atoms with van der Waals surface area (Å²) in [4.78, 5) is 10.9. The van der Waals surface area contributed by atoms with Crippen LogP contribution in [-0.4, -0.2) is 12.6 Å². The van der Waals surface area contributed by atoms with Gasteiger partial charge in [-0.05, 0) is 6.92 Å². The van der Waals surface area contributed by atoms with Crippen LogP contribution in [0.3, 0.4) is 0 Å². The van der Waals surface area contributed by atoms with Gasteiger partial charge in [0, 0.05) is 32.7 Å². The van der Waals surface area contributed by atoms with Gasteiger partial charge in [0.05, 0.1) is 6.61 Å².